The Balaban J connectivity index is 3.23. The third-order valence-electron chi connectivity index (χ3n) is 1.76. The summed E-state index contributed by atoms with van der Waals surface area (Å²) in [5.74, 6) is 0. The number of hydrogen-bond acceptors (Lipinski definition) is 0. The molecule has 0 spiro atoms. The van der Waals surface area contributed by atoms with Gasteiger partial charge in [-0.15, -0.1) is 11.3 Å². The fraction of sp³-hybridized carbons (Fsp3) is 0.800. The Morgan fingerprint density at radius 3 is 1.33 bits per heavy atom. The van der Waals surface area contributed by atoms with E-state index in [0.717, 1.165) is 0 Å². The van der Waals surface area contributed by atoms with Crippen LogP contribution in [0.15, 0.2) is 0 Å². The maximum Gasteiger partial charge on any atom is -0.00133 e. The lowest BCUT2D eigenvalue weighted by Crippen LogP contribution is -1.94. The van der Waals surface area contributed by atoms with Crippen molar-refractivity contribution in [3.8, 4) is 0 Å². The van der Waals surface area contributed by atoms with E-state index in [4.69, 9.17) is 0 Å². The molecule has 0 heterocycles. The van der Waals surface area contributed by atoms with E-state index in [1.54, 1.807) is 0 Å². The Kier molecular flexibility index (Phi) is 7.92. The van der Waals surface area contributed by atoms with Crippen molar-refractivity contribution in [3.63, 3.8) is 0 Å². The summed E-state index contributed by atoms with van der Waals surface area (Å²) < 4.78 is 0. The van der Waals surface area contributed by atoms with Crippen LogP contribution in [0, 0.1) is 0 Å². The van der Waals surface area contributed by atoms with Crippen LogP contribution < -0.4 is 0 Å². The minimum atomic E-state index is -0.0666. The standard InChI is InChI=1S/C10H22Si2/c1-11(2)9-7-5-6-8-10-12(3)4/h9-10H,5-8H2,1-4H3. The second kappa shape index (κ2) is 7.80. The second-order valence-corrected chi connectivity index (χ2v) is 8.97. The van der Waals surface area contributed by atoms with Gasteiger partial charge in [-0.1, -0.05) is 26.2 Å². The van der Waals surface area contributed by atoms with Crippen molar-refractivity contribution in [2.24, 2.45) is 0 Å². The molecule has 0 aromatic carbocycles. The molecule has 0 radical (unpaired) electrons. The molecule has 0 saturated carbocycles. The van der Waals surface area contributed by atoms with Gasteiger partial charge in [0.25, 0.3) is 0 Å². The lowest BCUT2D eigenvalue weighted by molar-refractivity contribution is 0.812. The van der Waals surface area contributed by atoms with Crippen LogP contribution in [0.3, 0.4) is 0 Å². The Bertz CT molecular complexity index is 141. The van der Waals surface area contributed by atoms with Gasteiger partial charge in [-0.25, -0.2) is 0 Å². The molecule has 0 atom stereocenters. The summed E-state index contributed by atoms with van der Waals surface area (Å²) in [6, 6.07) is 0. The van der Waals surface area contributed by atoms with Gasteiger partial charge >= 0.3 is 0 Å². The first-order valence-electron chi connectivity index (χ1n) is 4.89. The summed E-state index contributed by atoms with van der Waals surface area (Å²) in [5, 5.41) is 0. The lowest BCUT2D eigenvalue weighted by atomic mass is 10.2. The van der Waals surface area contributed by atoms with Crippen LogP contribution in [0.1, 0.15) is 25.7 Å². The normalized spacial score (nSPS) is 9.33. The molecule has 70 valence electrons. The van der Waals surface area contributed by atoms with Gasteiger partial charge < -0.3 is 0 Å². The van der Waals surface area contributed by atoms with Crippen LogP contribution in [-0.4, -0.2) is 28.2 Å². The zero-order chi connectivity index (χ0) is 9.40. The largest absolute Gasteiger partial charge is 0.104 e. The van der Waals surface area contributed by atoms with Gasteiger partial charge in [0.05, 0.1) is 0 Å². The Hall–Kier alpha value is 0.174. The highest BCUT2D eigenvalue weighted by Gasteiger charge is 1.85. The molecule has 0 amide bonds. The van der Waals surface area contributed by atoms with Crippen molar-refractivity contribution in [2.75, 3.05) is 0 Å². The summed E-state index contributed by atoms with van der Waals surface area (Å²) >= 11 is 0. The highest BCUT2D eigenvalue weighted by atomic mass is 28.2. The van der Waals surface area contributed by atoms with Gasteiger partial charge in [-0.05, 0) is 42.5 Å². The second-order valence-electron chi connectivity index (χ2n) is 3.85. The molecule has 2 heteroatoms. The topological polar surface area (TPSA) is 0 Å². The van der Waals surface area contributed by atoms with Gasteiger partial charge in [0.1, 0.15) is 0 Å². The molecular formula is C10H22Si2. The van der Waals surface area contributed by atoms with E-state index < -0.39 is 0 Å². The van der Waals surface area contributed by atoms with Crippen LogP contribution >= 0.6 is 0 Å². The molecular weight excluding hydrogens is 176 g/mol. The Labute approximate surface area is 80.5 Å². The molecule has 0 aliphatic rings. The summed E-state index contributed by atoms with van der Waals surface area (Å²) in [5.41, 5.74) is 5.04. The van der Waals surface area contributed by atoms with E-state index >= 15 is 0 Å². The van der Waals surface area contributed by atoms with Crippen LogP contribution in [0.25, 0.3) is 0 Å². The molecule has 0 aliphatic heterocycles. The van der Waals surface area contributed by atoms with Gasteiger partial charge in [0, 0.05) is 0 Å². The zero-order valence-electron chi connectivity index (χ0n) is 8.98. The highest BCUT2D eigenvalue weighted by Crippen LogP contribution is 1.95. The molecule has 0 aromatic heterocycles. The zero-order valence-corrected chi connectivity index (χ0v) is 11.0. The smallest absolute Gasteiger partial charge is 0.00133 e. The lowest BCUT2D eigenvalue weighted by Gasteiger charge is -1.94. The average molecular weight is 198 g/mol. The van der Waals surface area contributed by atoms with Crippen molar-refractivity contribution in [2.45, 2.75) is 51.9 Å². The van der Waals surface area contributed by atoms with E-state index in [0.29, 0.717) is 0 Å². The fourth-order valence-corrected chi connectivity index (χ4v) is 2.63. The SMILES string of the molecule is C[Si](C)=CCCCCC=[Si](C)C. The quantitative estimate of drug-likeness (QED) is 0.471. The van der Waals surface area contributed by atoms with E-state index in [9.17, 15) is 0 Å². The van der Waals surface area contributed by atoms with Gasteiger partial charge in [0.2, 0.25) is 0 Å². The molecule has 0 rings (SSSR count). The third kappa shape index (κ3) is 10.2. The van der Waals surface area contributed by atoms with Gasteiger partial charge in [-0.2, -0.15) is 0 Å². The van der Waals surface area contributed by atoms with Gasteiger partial charge in [0.15, 0.2) is 0 Å². The number of unbranched alkanes of at least 4 members (excludes halogenated alkanes) is 3. The predicted octanol–water partition coefficient (Wildman–Crippen LogP) is 2.82. The summed E-state index contributed by atoms with van der Waals surface area (Å²) in [6.07, 6.45) is 5.51. The van der Waals surface area contributed by atoms with Crippen molar-refractivity contribution < 1.29 is 0 Å². The molecule has 0 unspecified atom stereocenters. The molecule has 0 N–H and O–H groups in total. The first kappa shape index (κ1) is 12.2. The maximum absolute atomic E-state index is 2.52. The van der Waals surface area contributed by atoms with Crippen molar-refractivity contribution >= 4 is 28.2 Å². The first-order chi connectivity index (χ1) is 5.63. The van der Waals surface area contributed by atoms with Crippen LogP contribution in [0.5, 0.6) is 0 Å². The maximum atomic E-state index is 2.52. The Morgan fingerprint density at radius 2 is 1.08 bits per heavy atom. The Morgan fingerprint density at radius 1 is 0.750 bits per heavy atom. The van der Waals surface area contributed by atoms with Crippen molar-refractivity contribution in [1.82, 2.24) is 0 Å². The molecule has 0 saturated heterocycles. The minimum absolute atomic E-state index is 0.0666. The molecule has 0 nitrogen and oxygen atoms in total. The number of rotatable bonds is 5. The van der Waals surface area contributed by atoms with E-state index in [2.05, 4.69) is 37.5 Å². The van der Waals surface area contributed by atoms with Gasteiger partial charge in [-0.3, -0.25) is 0 Å². The first-order valence-corrected chi connectivity index (χ1v) is 10.0. The predicted molar refractivity (Wildman–Crippen MR) is 65.6 cm³/mol. The van der Waals surface area contributed by atoms with Crippen LogP contribution in [0.4, 0.5) is 0 Å². The van der Waals surface area contributed by atoms with E-state index in [1.807, 2.05) is 0 Å². The van der Waals surface area contributed by atoms with Crippen molar-refractivity contribution in [3.05, 3.63) is 0 Å². The summed E-state index contributed by atoms with van der Waals surface area (Å²) in [4.78, 5) is 0. The molecule has 0 bridgehead atoms. The summed E-state index contributed by atoms with van der Waals surface area (Å²) in [7, 11) is -0.133. The van der Waals surface area contributed by atoms with E-state index in [-0.39, 0.29) is 16.8 Å². The molecule has 12 heavy (non-hydrogen) atoms. The van der Waals surface area contributed by atoms with Crippen LogP contribution in [0.2, 0.25) is 26.2 Å². The third-order valence-corrected chi connectivity index (χ3v) is 3.97. The molecule has 0 fully saturated rings. The monoisotopic (exact) mass is 198 g/mol. The summed E-state index contributed by atoms with van der Waals surface area (Å²) in [6.45, 7) is 9.43. The highest BCUT2D eigenvalue weighted by molar-refractivity contribution is 6.63. The minimum Gasteiger partial charge on any atom is -0.104 e. The van der Waals surface area contributed by atoms with Crippen LogP contribution in [-0.2, 0) is 0 Å². The average Bonchev–Trinajstić information content (AvgIpc) is 1.95. The van der Waals surface area contributed by atoms with Crippen molar-refractivity contribution in [1.29, 1.82) is 0 Å². The fourth-order valence-electron chi connectivity index (χ4n) is 1.07. The number of hydrogen-bond donors (Lipinski definition) is 0. The molecule has 0 aliphatic carbocycles. The van der Waals surface area contributed by atoms with E-state index in [1.165, 1.54) is 25.7 Å². The molecule has 0 aromatic rings.